The van der Waals surface area contributed by atoms with Crippen LogP contribution in [0.25, 0.3) is 0 Å². The molecule has 6 atom stereocenters. The largest absolute Gasteiger partial charge is 0.487 e. The molecule has 2 aromatic carbocycles. The number of esters is 3. The number of carbonyl (C=O) groups excluding carboxylic acids is 3. The molecule has 0 heterocycles. The first kappa shape index (κ1) is 47.1. The van der Waals surface area contributed by atoms with Gasteiger partial charge in [0.25, 0.3) is 0 Å². The van der Waals surface area contributed by atoms with Gasteiger partial charge in [-0.1, -0.05) is 57.8 Å². The van der Waals surface area contributed by atoms with Crippen LogP contribution in [0.15, 0.2) is 36.4 Å². The van der Waals surface area contributed by atoms with Gasteiger partial charge in [0.2, 0.25) is 0 Å². The molecular weight excluding hydrogens is 719 g/mol. The number of ether oxygens (including phenoxy) is 5. The summed E-state index contributed by atoms with van der Waals surface area (Å²) in [5.41, 5.74) is 4.88. The average Bonchev–Trinajstić information content (AvgIpc) is 2.91. The minimum Gasteiger partial charge on any atom is -0.487 e. The second-order valence-corrected chi connectivity index (χ2v) is 14.5. The molecule has 0 saturated carbocycles. The van der Waals surface area contributed by atoms with E-state index in [-0.39, 0.29) is 52.2 Å². The molecule has 0 radical (unpaired) electrons. The van der Waals surface area contributed by atoms with Crippen LogP contribution in [-0.4, -0.2) is 54.0 Å². The maximum absolute atomic E-state index is 13.5. The van der Waals surface area contributed by atoms with E-state index in [1.165, 1.54) is 36.4 Å². The van der Waals surface area contributed by atoms with Gasteiger partial charge in [-0.25, -0.2) is 8.78 Å². The summed E-state index contributed by atoms with van der Waals surface area (Å²) in [6.45, 7) is 19.5. The second kappa shape index (κ2) is 21.5. The molecule has 2 N–H and O–H groups in total. The number of halogens is 5. The van der Waals surface area contributed by atoms with Gasteiger partial charge in [-0.2, -0.15) is 0 Å². The highest BCUT2D eigenvalue weighted by atomic mass is 35.5. The third-order valence-corrected chi connectivity index (χ3v) is 7.16. The lowest BCUT2D eigenvalue weighted by Crippen LogP contribution is -2.41. The summed E-state index contributed by atoms with van der Waals surface area (Å²) in [6.07, 6.45) is -2.17. The lowest BCUT2D eigenvalue weighted by molar-refractivity contribution is -0.167. The van der Waals surface area contributed by atoms with Crippen LogP contribution in [0.2, 0.25) is 10.0 Å². The third-order valence-electron chi connectivity index (χ3n) is 6.73. The van der Waals surface area contributed by atoms with Crippen LogP contribution in [0.1, 0.15) is 82.6 Å². The molecule has 0 spiro atoms. The van der Waals surface area contributed by atoms with Crippen molar-refractivity contribution in [1.29, 1.82) is 0 Å². The molecule has 9 nitrogen and oxygen atoms in total. The van der Waals surface area contributed by atoms with E-state index in [9.17, 15) is 23.2 Å². The Morgan fingerprint density at radius 3 is 1.40 bits per heavy atom. The van der Waals surface area contributed by atoms with Crippen LogP contribution in [0.4, 0.5) is 8.78 Å². The minimum absolute atomic E-state index is 0. The number of rotatable bonds is 14. The lowest BCUT2D eigenvalue weighted by atomic mass is 10.0. The van der Waals surface area contributed by atoms with Crippen LogP contribution >= 0.6 is 35.6 Å². The van der Waals surface area contributed by atoms with E-state index in [2.05, 4.69) is 0 Å². The van der Waals surface area contributed by atoms with Gasteiger partial charge in [0.15, 0.2) is 0 Å². The molecule has 0 amide bonds. The first-order valence-corrected chi connectivity index (χ1v) is 16.9. The number of hydrogen-bond acceptors (Lipinski definition) is 9. The van der Waals surface area contributed by atoms with E-state index in [0.717, 1.165) is 0 Å². The molecule has 50 heavy (non-hydrogen) atoms. The quantitative estimate of drug-likeness (QED) is 0.148. The summed E-state index contributed by atoms with van der Waals surface area (Å²) in [5, 5.41) is 0.456. The van der Waals surface area contributed by atoms with E-state index in [1.807, 2.05) is 27.7 Å². The number of hydrogen-bond donors (Lipinski definition) is 1. The average molecular weight is 771 g/mol. The molecule has 0 aliphatic carbocycles. The summed E-state index contributed by atoms with van der Waals surface area (Å²) in [6, 6.07) is 7.10. The summed E-state index contributed by atoms with van der Waals surface area (Å²) in [5.74, 6) is -2.64. The van der Waals surface area contributed by atoms with Gasteiger partial charge in [0.05, 0.1) is 12.3 Å². The number of carbonyl (C=O) groups is 3. The Hall–Kier alpha value is -2.86. The van der Waals surface area contributed by atoms with Gasteiger partial charge >= 0.3 is 17.9 Å². The van der Waals surface area contributed by atoms with Crippen molar-refractivity contribution in [2.75, 3.05) is 0 Å². The molecule has 0 bridgehead atoms. The number of nitrogens with two attached hydrogens (primary N) is 1. The Balaban J connectivity index is 0.000000978. The minimum atomic E-state index is -0.706. The van der Waals surface area contributed by atoms with Crippen molar-refractivity contribution in [3.8, 4) is 11.5 Å². The molecular formula is C36H52Cl3F2NO8. The Kier molecular flexibility index (Phi) is 20.3. The van der Waals surface area contributed by atoms with Crippen molar-refractivity contribution in [3.05, 3.63) is 58.1 Å². The summed E-state index contributed by atoms with van der Waals surface area (Å²) in [7, 11) is 0. The van der Waals surface area contributed by atoms with Crippen LogP contribution in [-0.2, 0) is 28.6 Å². The summed E-state index contributed by atoms with van der Waals surface area (Å²) < 4.78 is 54.4. The number of benzene rings is 2. The highest BCUT2D eigenvalue weighted by Crippen LogP contribution is 2.26. The Bertz CT molecular complexity index is 1350. The topological polar surface area (TPSA) is 123 Å². The van der Waals surface area contributed by atoms with E-state index in [0.29, 0.717) is 0 Å². The van der Waals surface area contributed by atoms with Crippen LogP contribution < -0.4 is 15.2 Å². The van der Waals surface area contributed by atoms with Crippen molar-refractivity contribution in [2.24, 2.45) is 23.5 Å². The second-order valence-electron chi connectivity index (χ2n) is 13.6. The van der Waals surface area contributed by atoms with Crippen molar-refractivity contribution in [2.45, 2.75) is 119 Å². The van der Waals surface area contributed by atoms with E-state index >= 15 is 0 Å². The van der Waals surface area contributed by atoms with Crippen LogP contribution in [0.5, 0.6) is 11.5 Å². The molecule has 14 heteroatoms. The Labute approximate surface area is 311 Å². The molecule has 284 valence electrons. The first-order valence-electron chi connectivity index (χ1n) is 16.1. The highest BCUT2D eigenvalue weighted by Gasteiger charge is 2.31. The van der Waals surface area contributed by atoms with E-state index in [1.54, 1.807) is 48.5 Å². The zero-order valence-corrected chi connectivity index (χ0v) is 32.9. The fraction of sp³-hybridized carbons (Fsp3) is 0.583. The highest BCUT2D eigenvalue weighted by molar-refractivity contribution is 6.31. The van der Waals surface area contributed by atoms with Crippen LogP contribution in [0, 0.1) is 29.4 Å². The van der Waals surface area contributed by atoms with Gasteiger partial charge in [-0.05, 0) is 77.6 Å². The first-order chi connectivity index (χ1) is 22.5. The lowest BCUT2D eigenvalue weighted by Gasteiger charge is -2.29. The maximum Gasteiger partial charge on any atom is 0.323 e. The fourth-order valence-electron chi connectivity index (χ4n) is 4.51. The van der Waals surface area contributed by atoms with Crippen molar-refractivity contribution in [3.63, 3.8) is 0 Å². The third kappa shape index (κ3) is 17.9. The normalized spacial score (nSPS) is 14.8. The maximum atomic E-state index is 13.5. The smallest absolute Gasteiger partial charge is 0.323 e. The van der Waals surface area contributed by atoms with E-state index < -0.39 is 71.5 Å². The predicted molar refractivity (Wildman–Crippen MR) is 193 cm³/mol. The molecule has 2 aromatic rings. The Morgan fingerprint density at radius 1 is 0.700 bits per heavy atom. The molecule has 2 rings (SSSR count). The van der Waals surface area contributed by atoms with Gasteiger partial charge in [0, 0.05) is 22.2 Å². The van der Waals surface area contributed by atoms with Gasteiger partial charge in [0.1, 0.15) is 59.2 Å². The molecule has 0 fully saturated rings. The monoisotopic (exact) mass is 769 g/mol. The van der Waals surface area contributed by atoms with Crippen molar-refractivity contribution >= 4 is 53.5 Å². The fourth-order valence-corrected chi connectivity index (χ4v) is 4.94. The van der Waals surface area contributed by atoms with Crippen molar-refractivity contribution in [1.82, 2.24) is 0 Å². The van der Waals surface area contributed by atoms with Crippen LogP contribution in [0.3, 0.4) is 0 Å². The van der Waals surface area contributed by atoms with E-state index in [4.69, 9.17) is 52.6 Å². The molecule has 0 aliphatic heterocycles. The SMILES string of the molecule is CC(C)[C@@H](OC(=O)[C@H](C)CC(=O)OC(C)(C)C)[C@H](C)Oc1cc(F)cc(Cl)c1.CC(C)[C@@H](OC(=O)[C@H](C)N)[C@H](C)Oc1cc(F)cc(Cl)c1.Cl. The van der Waals surface area contributed by atoms with Gasteiger partial charge in [-0.3, -0.25) is 14.4 Å². The molecule has 0 saturated heterocycles. The standard InChI is InChI=1S/C21H30ClFO5.C15H21ClFNO3.ClH/c1-12(2)19(14(4)26-17-10-15(22)9-16(23)11-17)27-20(25)13(3)8-18(24)28-21(5,6)7;1-8(2)14(21-15(19)9(3)18)10(4)20-13-6-11(16)5-12(17)7-13;/h9-14,19H,8H2,1-7H3;5-10,14H,18H2,1-4H3;1H/t13-,14+,19-;9-,10-,14+;/m10./s1. The predicted octanol–water partition coefficient (Wildman–Crippen LogP) is 8.77. The van der Waals surface area contributed by atoms with Crippen molar-refractivity contribution < 1.29 is 46.8 Å². The molecule has 0 unspecified atom stereocenters. The zero-order valence-electron chi connectivity index (χ0n) is 30.6. The van der Waals surface area contributed by atoms with Gasteiger partial charge < -0.3 is 29.4 Å². The molecule has 0 aliphatic rings. The Morgan fingerprint density at radius 2 is 1.08 bits per heavy atom. The molecule has 0 aromatic heterocycles. The summed E-state index contributed by atoms with van der Waals surface area (Å²) in [4.78, 5) is 36.0. The van der Waals surface area contributed by atoms with Gasteiger partial charge in [-0.15, -0.1) is 12.4 Å². The zero-order chi connectivity index (χ0) is 37.8. The summed E-state index contributed by atoms with van der Waals surface area (Å²) >= 11 is 11.6.